The normalized spacial score (nSPS) is 10.4. The van der Waals surface area contributed by atoms with Crippen LogP contribution in [0.1, 0.15) is 6.42 Å². The van der Waals surface area contributed by atoms with E-state index in [-0.39, 0.29) is 6.42 Å². The number of carboxylic acids is 1. The molecule has 17 heavy (non-hydrogen) atoms. The average molecular weight is 343 g/mol. The van der Waals surface area contributed by atoms with Gasteiger partial charge in [-0.25, -0.2) is 4.98 Å². The first-order valence-electron chi connectivity index (χ1n) is 5.02. The Labute approximate surface area is 112 Å². The SMILES string of the molecule is O=C(O)CCn1cnc(-c2cccc(I)c2)n1. The van der Waals surface area contributed by atoms with Gasteiger partial charge in [0.25, 0.3) is 0 Å². The van der Waals surface area contributed by atoms with Crippen LogP contribution in [0.15, 0.2) is 30.6 Å². The average Bonchev–Trinajstić information content (AvgIpc) is 2.75. The summed E-state index contributed by atoms with van der Waals surface area (Å²) < 4.78 is 2.66. The van der Waals surface area contributed by atoms with Crippen LogP contribution in [0.3, 0.4) is 0 Å². The van der Waals surface area contributed by atoms with Gasteiger partial charge in [0.2, 0.25) is 0 Å². The summed E-state index contributed by atoms with van der Waals surface area (Å²) in [5.41, 5.74) is 0.936. The third kappa shape index (κ3) is 3.26. The molecule has 2 aromatic rings. The fourth-order valence-corrected chi connectivity index (χ4v) is 1.92. The molecular formula is C11H10IN3O2. The van der Waals surface area contributed by atoms with E-state index in [4.69, 9.17) is 5.11 Å². The molecule has 1 aromatic carbocycles. The van der Waals surface area contributed by atoms with Crippen LogP contribution in [0.2, 0.25) is 0 Å². The molecule has 0 saturated carbocycles. The Balaban J connectivity index is 2.15. The first kappa shape index (κ1) is 12.0. The minimum atomic E-state index is -0.837. The zero-order valence-corrected chi connectivity index (χ0v) is 11.0. The van der Waals surface area contributed by atoms with Gasteiger partial charge in [0, 0.05) is 9.13 Å². The maximum absolute atomic E-state index is 10.4. The zero-order chi connectivity index (χ0) is 12.3. The Kier molecular flexibility index (Phi) is 3.72. The van der Waals surface area contributed by atoms with Crippen molar-refractivity contribution in [2.24, 2.45) is 0 Å². The predicted octanol–water partition coefficient (Wildman–Crippen LogP) is 2.02. The number of carboxylic acid groups (broad SMARTS) is 1. The predicted molar refractivity (Wildman–Crippen MR) is 70.4 cm³/mol. The second-order valence-corrected chi connectivity index (χ2v) is 4.73. The van der Waals surface area contributed by atoms with Gasteiger partial charge in [-0.1, -0.05) is 12.1 Å². The van der Waals surface area contributed by atoms with Gasteiger partial charge >= 0.3 is 5.97 Å². The van der Waals surface area contributed by atoms with Crippen LogP contribution in [0.5, 0.6) is 0 Å². The van der Waals surface area contributed by atoms with E-state index in [1.165, 1.54) is 0 Å². The molecule has 0 fully saturated rings. The van der Waals surface area contributed by atoms with Crippen molar-refractivity contribution in [3.05, 3.63) is 34.2 Å². The molecule has 0 unspecified atom stereocenters. The monoisotopic (exact) mass is 343 g/mol. The number of rotatable bonds is 4. The highest BCUT2D eigenvalue weighted by molar-refractivity contribution is 14.1. The molecule has 0 atom stereocenters. The summed E-state index contributed by atoms with van der Waals surface area (Å²) in [6.45, 7) is 0.340. The van der Waals surface area contributed by atoms with E-state index >= 15 is 0 Å². The number of benzene rings is 1. The van der Waals surface area contributed by atoms with Crippen molar-refractivity contribution in [3.8, 4) is 11.4 Å². The van der Waals surface area contributed by atoms with Crippen molar-refractivity contribution in [1.82, 2.24) is 14.8 Å². The molecule has 88 valence electrons. The first-order valence-corrected chi connectivity index (χ1v) is 6.10. The van der Waals surface area contributed by atoms with Gasteiger partial charge in [0.1, 0.15) is 6.33 Å². The topological polar surface area (TPSA) is 68.0 Å². The fourth-order valence-electron chi connectivity index (χ4n) is 1.37. The van der Waals surface area contributed by atoms with Crippen LogP contribution >= 0.6 is 22.6 Å². The van der Waals surface area contributed by atoms with E-state index in [1.54, 1.807) is 11.0 Å². The summed E-state index contributed by atoms with van der Waals surface area (Å²) in [6.07, 6.45) is 1.60. The van der Waals surface area contributed by atoms with Crippen LogP contribution in [0.25, 0.3) is 11.4 Å². The van der Waals surface area contributed by atoms with Gasteiger partial charge in [-0.05, 0) is 34.7 Å². The molecule has 0 aliphatic heterocycles. The molecule has 6 heteroatoms. The lowest BCUT2D eigenvalue weighted by atomic mass is 10.2. The number of halogens is 1. The molecule has 0 amide bonds. The van der Waals surface area contributed by atoms with Crippen molar-refractivity contribution < 1.29 is 9.90 Å². The molecule has 0 aliphatic carbocycles. The van der Waals surface area contributed by atoms with Crippen LogP contribution in [-0.4, -0.2) is 25.8 Å². The second kappa shape index (κ2) is 5.26. The van der Waals surface area contributed by atoms with E-state index < -0.39 is 5.97 Å². The van der Waals surface area contributed by atoms with Gasteiger partial charge in [-0.2, -0.15) is 5.10 Å². The minimum Gasteiger partial charge on any atom is -0.481 e. The minimum absolute atomic E-state index is 0.0507. The molecule has 0 spiro atoms. The van der Waals surface area contributed by atoms with E-state index in [9.17, 15) is 4.79 Å². The third-order valence-corrected chi connectivity index (χ3v) is 2.85. The lowest BCUT2D eigenvalue weighted by Crippen LogP contribution is -2.04. The van der Waals surface area contributed by atoms with Gasteiger partial charge < -0.3 is 5.11 Å². The van der Waals surface area contributed by atoms with Crippen LogP contribution in [0, 0.1) is 3.57 Å². The van der Waals surface area contributed by atoms with Gasteiger partial charge in [0.05, 0.1) is 13.0 Å². The molecule has 0 bridgehead atoms. The Morgan fingerprint density at radius 2 is 2.29 bits per heavy atom. The number of hydrogen-bond donors (Lipinski definition) is 1. The molecule has 1 N–H and O–H groups in total. The second-order valence-electron chi connectivity index (χ2n) is 3.49. The van der Waals surface area contributed by atoms with Crippen molar-refractivity contribution in [3.63, 3.8) is 0 Å². The molecule has 0 radical (unpaired) electrons. The lowest BCUT2D eigenvalue weighted by molar-refractivity contribution is -0.137. The van der Waals surface area contributed by atoms with Crippen LogP contribution < -0.4 is 0 Å². The highest BCUT2D eigenvalue weighted by Gasteiger charge is 2.05. The number of aliphatic carboxylic acids is 1. The van der Waals surface area contributed by atoms with Crippen LogP contribution in [-0.2, 0) is 11.3 Å². The summed E-state index contributed by atoms with van der Waals surface area (Å²) in [7, 11) is 0. The van der Waals surface area contributed by atoms with E-state index in [0.29, 0.717) is 12.4 Å². The van der Waals surface area contributed by atoms with Crippen molar-refractivity contribution in [2.45, 2.75) is 13.0 Å². The highest BCUT2D eigenvalue weighted by Crippen LogP contribution is 2.17. The van der Waals surface area contributed by atoms with E-state index in [0.717, 1.165) is 9.13 Å². The summed E-state index contributed by atoms with van der Waals surface area (Å²) in [5.74, 6) is -0.217. The number of aromatic nitrogens is 3. The van der Waals surface area contributed by atoms with Crippen molar-refractivity contribution in [2.75, 3.05) is 0 Å². The highest BCUT2D eigenvalue weighted by atomic mass is 127. The Bertz CT molecular complexity index is 539. The van der Waals surface area contributed by atoms with E-state index in [1.807, 2.05) is 24.3 Å². The van der Waals surface area contributed by atoms with Gasteiger partial charge in [0.15, 0.2) is 5.82 Å². The number of nitrogens with zero attached hydrogens (tertiary/aromatic N) is 3. The molecular weight excluding hydrogens is 333 g/mol. The van der Waals surface area contributed by atoms with Gasteiger partial charge in [-0.3, -0.25) is 9.48 Å². The standard InChI is InChI=1S/C11H10IN3O2/c12-9-3-1-2-8(6-9)11-13-7-15(14-11)5-4-10(16)17/h1-3,6-7H,4-5H2,(H,16,17). The van der Waals surface area contributed by atoms with Crippen LogP contribution in [0.4, 0.5) is 0 Å². The summed E-state index contributed by atoms with van der Waals surface area (Å²) >= 11 is 2.22. The molecule has 0 saturated heterocycles. The lowest BCUT2D eigenvalue weighted by Gasteiger charge is -1.97. The third-order valence-electron chi connectivity index (χ3n) is 2.17. The molecule has 1 heterocycles. The fraction of sp³-hybridized carbons (Fsp3) is 0.182. The summed E-state index contributed by atoms with van der Waals surface area (Å²) in [4.78, 5) is 14.6. The summed E-state index contributed by atoms with van der Waals surface area (Å²) in [6, 6.07) is 7.84. The maximum Gasteiger partial charge on any atom is 0.305 e. The Morgan fingerprint density at radius 1 is 1.47 bits per heavy atom. The van der Waals surface area contributed by atoms with Crippen molar-refractivity contribution in [1.29, 1.82) is 0 Å². The Morgan fingerprint density at radius 3 is 3.00 bits per heavy atom. The molecule has 2 rings (SSSR count). The zero-order valence-electron chi connectivity index (χ0n) is 8.88. The molecule has 5 nitrogen and oxygen atoms in total. The smallest absolute Gasteiger partial charge is 0.305 e. The van der Waals surface area contributed by atoms with E-state index in [2.05, 4.69) is 32.7 Å². The Hall–Kier alpha value is -1.44. The van der Waals surface area contributed by atoms with Gasteiger partial charge in [-0.15, -0.1) is 0 Å². The maximum atomic E-state index is 10.4. The first-order chi connectivity index (χ1) is 8.15. The van der Waals surface area contributed by atoms with Crippen molar-refractivity contribution >= 4 is 28.6 Å². The number of aryl methyl sites for hydroxylation is 1. The molecule has 1 aromatic heterocycles. The number of hydrogen-bond acceptors (Lipinski definition) is 3. The number of carbonyl (C=O) groups is 1. The quantitative estimate of drug-likeness (QED) is 0.863. The summed E-state index contributed by atoms with van der Waals surface area (Å²) in [5, 5.41) is 12.8. The largest absolute Gasteiger partial charge is 0.481 e. The molecule has 0 aliphatic rings.